The van der Waals surface area contributed by atoms with E-state index in [-0.39, 0.29) is 0 Å². The van der Waals surface area contributed by atoms with Crippen molar-refractivity contribution >= 4 is 17.6 Å². The topological polar surface area (TPSA) is 18.8 Å². The fourth-order valence-electron chi connectivity index (χ4n) is 4.35. The van der Waals surface area contributed by atoms with Gasteiger partial charge in [0.15, 0.2) is 0 Å². The summed E-state index contributed by atoms with van der Waals surface area (Å²) in [5, 5.41) is 0. The number of para-hydroxylation sites is 2. The minimum absolute atomic E-state index is 0.751. The third-order valence-corrected chi connectivity index (χ3v) is 5.81. The van der Waals surface area contributed by atoms with Crippen molar-refractivity contribution in [3.05, 3.63) is 59.7 Å². The summed E-state index contributed by atoms with van der Waals surface area (Å²) in [6.45, 7) is 5.45. The Hall–Kier alpha value is -2.29. The molecule has 0 unspecified atom stereocenters. The molecular weight excluding hydrogens is 330 g/mol. The minimum Gasteiger partial charge on any atom is -0.371 e. The number of benzene rings is 2. The molecule has 0 aliphatic carbocycles. The van der Waals surface area contributed by atoms with Gasteiger partial charge in [0.25, 0.3) is 0 Å². The van der Waals surface area contributed by atoms with Crippen molar-refractivity contribution < 1.29 is 0 Å². The molecule has 0 N–H and O–H groups in total. The Bertz CT molecular complexity index is 756. The summed E-state index contributed by atoms with van der Waals surface area (Å²) in [5.74, 6) is 0. The SMILES string of the molecule is C(=NCc1ccccc1N1CCCCC1)c1ccccc1N1CCCCC1. The zero-order chi connectivity index (χ0) is 18.3. The quantitative estimate of drug-likeness (QED) is 0.674. The highest BCUT2D eigenvalue weighted by atomic mass is 15.1. The van der Waals surface area contributed by atoms with Crippen molar-refractivity contribution in [2.75, 3.05) is 36.0 Å². The number of piperidine rings is 2. The molecule has 2 aliphatic heterocycles. The number of hydrogen-bond acceptors (Lipinski definition) is 3. The van der Waals surface area contributed by atoms with Gasteiger partial charge in [-0.05, 0) is 56.2 Å². The van der Waals surface area contributed by atoms with Crippen LogP contribution in [0.3, 0.4) is 0 Å². The van der Waals surface area contributed by atoms with E-state index >= 15 is 0 Å². The fourth-order valence-corrected chi connectivity index (χ4v) is 4.35. The Kier molecular flexibility index (Phi) is 6.08. The van der Waals surface area contributed by atoms with Crippen molar-refractivity contribution in [3.8, 4) is 0 Å². The second-order valence-electron chi connectivity index (χ2n) is 7.75. The number of rotatable bonds is 5. The highest BCUT2D eigenvalue weighted by Crippen LogP contribution is 2.26. The van der Waals surface area contributed by atoms with Crippen LogP contribution in [0.1, 0.15) is 49.7 Å². The van der Waals surface area contributed by atoms with E-state index < -0.39 is 0 Å². The molecule has 3 heteroatoms. The molecule has 0 saturated carbocycles. The zero-order valence-corrected chi connectivity index (χ0v) is 16.3. The molecule has 142 valence electrons. The summed E-state index contributed by atoms with van der Waals surface area (Å²) >= 11 is 0. The second kappa shape index (κ2) is 9.07. The summed E-state index contributed by atoms with van der Waals surface area (Å²) in [6, 6.07) is 17.5. The maximum atomic E-state index is 4.84. The summed E-state index contributed by atoms with van der Waals surface area (Å²) in [6.07, 6.45) is 10.0. The van der Waals surface area contributed by atoms with Gasteiger partial charge in [0.1, 0.15) is 0 Å². The van der Waals surface area contributed by atoms with Crippen LogP contribution in [-0.2, 0) is 6.54 Å². The van der Waals surface area contributed by atoms with Crippen LogP contribution in [0.15, 0.2) is 53.5 Å². The molecule has 3 nitrogen and oxygen atoms in total. The van der Waals surface area contributed by atoms with Gasteiger partial charge in [-0.2, -0.15) is 0 Å². The van der Waals surface area contributed by atoms with E-state index in [1.807, 2.05) is 0 Å². The highest BCUT2D eigenvalue weighted by Gasteiger charge is 2.14. The van der Waals surface area contributed by atoms with Gasteiger partial charge >= 0.3 is 0 Å². The first-order valence-corrected chi connectivity index (χ1v) is 10.6. The zero-order valence-electron chi connectivity index (χ0n) is 16.3. The molecule has 0 amide bonds. The van der Waals surface area contributed by atoms with Gasteiger partial charge in [0, 0.05) is 49.3 Å². The first-order valence-electron chi connectivity index (χ1n) is 10.6. The number of aliphatic imine (C=N–C) groups is 1. The van der Waals surface area contributed by atoms with Crippen molar-refractivity contribution in [2.24, 2.45) is 4.99 Å². The lowest BCUT2D eigenvalue weighted by molar-refractivity contribution is 0.576. The molecule has 0 bridgehead atoms. The van der Waals surface area contributed by atoms with E-state index in [0.717, 1.165) is 6.54 Å². The van der Waals surface area contributed by atoms with Gasteiger partial charge in [-0.25, -0.2) is 0 Å². The largest absolute Gasteiger partial charge is 0.371 e. The Morgan fingerprint density at radius 3 is 1.93 bits per heavy atom. The molecule has 2 heterocycles. The Morgan fingerprint density at radius 1 is 0.667 bits per heavy atom. The molecule has 4 rings (SSSR count). The Morgan fingerprint density at radius 2 is 1.22 bits per heavy atom. The molecule has 2 fully saturated rings. The van der Waals surface area contributed by atoms with Crippen LogP contribution in [0.25, 0.3) is 0 Å². The van der Waals surface area contributed by atoms with Gasteiger partial charge in [0.05, 0.1) is 6.54 Å². The Labute approximate surface area is 163 Å². The highest BCUT2D eigenvalue weighted by molar-refractivity contribution is 5.88. The van der Waals surface area contributed by atoms with Crippen molar-refractivity contribution in [3.63, 3.8) is 0 Å². The predicted octanol–water partition coefficient (Wildman–Crippen LogP) is 5.29. The normalized spacial score (nSPS) is 18.2. The minimum atomic E-state index is 0.751. The van der Waals surface area contributed by atoms with Crippen LogP contribution >= 0.6 is 0 Å². The van der Waals surface area contributed by atoms with E-state index in [4.69, 9.17) is 4.99 Å². The summed E-state index contributed by atoms with van der Waals surface area (Å²) in [4.78, 5) is 9.90. The molecular formula is C24H31N3. The fraction of sp³-hybridized carbons (Fsp3) is 0.458. The number of nitrogens with zero attached hydrogens (tertiary/aromatic N) is 3. The Balaban J connectivity index is 1.49. The first-order chi connectivity index (χ1) is 13.4. The lowest BCUT2D eigenvalue weighted by atomic mass is 10.1. The monoisotopic (exact) mass is 361 g/mol. The standard InChI is InChI=1S/C24H31N3/c1-7-15-26(16-8-1)23-13-5-3-11-21(23)19-25-20-22-12-4-6-14-24(22)27-17-9-2-10-18-27/h3-6,11-14,19H,1-2,7-10,15-18,20H2. The summed E-state index contributed by atoms with van der Waals surface area (Å²) in [5.41, 5.74) is 5.30. The van der Waals surface area contributed by atoms with Crippen molar-refractivity contribution in [2.45, 2.75) is 45.1 Å². The molecule has 2 aliphatic rings. The van der Waals surface area contributed by atoms with Crippen LogP contribution in [0, 0.1) is 0 Å². The second-order valence-corrected chi connectivity index (χ2v) is 7.75. The van der Waals surface area contributed by atoms with E-state index in [9.17, 15) is 0 Å². The average Bonchev–Trinajstić information content (AvgIpc) is 2.76. The molecule has 2 saturated heterocycles. The van der Waals surface area contributed by atoms with Crippen LogP contribution in [0.5, 0.6) is 0 Å². The molecule has 2 aromatic rings. The van der Waals surface area contributed by atoms with E-state index in [1.54, 1.807) is 0 Å². The molecule has 0 aromatic heterocycles. The molecule has 0 radical (unpaired) electrons. The van der Waals surface area contributed by atoms with Crippen LogP contribution in [0.4, 0.5) is 11.4 Å². The van der Waals surface area contributed by atoms with E-state index in [1.165, 1.54) is 87.2 Å². The summed E-state index contributed by atoms with van der Waals surface area (Å²) in [7, 11) is 0. The van der Waals surface area contributed by atoms with Crippen molar-refractivity contribution in [1.82, 2.24) is 0 Å². The third-order valence-electron chi connectivity index (χ3n) is 5.81. The first kappa shape index (κ1) is 18.1. The lowest BCUT2D eigenvalue weighted by Crippen LogP contribution is -2.30. The summed E-state index contributed by atoms with van der Waals surface area (Å²) < 4.78 is 0. The lowest BCUT2D eigenvalue weighted by Gasteiger charge is -2.30. The van der Waals surface area contributed by atoms with Gasteiger partial charge in [-0.15, -0.1) is 0 Å². The smallest absolute Gasteiger partial charge is 0.0660 e. The third kappa shape index (κ3) is 4.52. The molecule has 0 atom stereocenters. The molecule has 0 spiro atoms. The number of hydrogen-bond donors (Lipinski definition) is 0. The van der Waals surface area contributed by atoms with E-state index in [0.29, 0.717) is 0 Å². The maximum absolute atomic E-state index is 4.84. The van der Waals surface area contributed by atoms with Gasteiger partial charge in [-0.3, -0.25) is 4.99 Å². The van der Waals surface area contributed by atoms with Gasteiger partial charge < -0.3 is 9.80 Å². The average molecular weight is 362 g/mol. The number of anilines is 2. The van der Waals surface area contributed by atoms with Crippen LogP contribution < -0.4 is 9.80 Å². The molecule has 2 aromatic carbocycles. The van der Waals surface area contributed by atoms with E-state index in [2.05, 4.69) is 64.5 Å². The van der Waals surface area contributed by atoms with Crippen LogP contribution in [0.2, 0.25) is 0 Å². The van der Waals surface area contributed by atoms with Crippen LogP contribution in [-0.4, -0.2) is 32.4 Å². The maximum Gasteiger partial charge on any atom is 0.0660 e. The predicted molar refractivity (Wildman–Crippen MR) is 116 cm³/mol. The molecule has 27 heavy (non-hydrogen) atoms. The van der Waals surface area contributed by atoms with Gasteiger partial charge in [-0.1, -0.05) is 36.4 Å². The van der Waals surface area contributed by atoms with Gasteiger partial charge in [0.2, 0.25) is 0 Å². The van der Waals surface area contributed by atoms with Crippen molar-refractivity contribution in [1.29, 1.82) is 0 Å².